The Bertz CT molecular complexity index is 1080. The zero-order valence-corrected chi connectivity index (χ0v) is 21.2. The van der Waals surface area contributed by atoms with Crippen LogP contribution >= 0.6 is 0 Å². The Balaban J connectivity index is 1.06. The third-order valence-corrected chi connectivity index (χ3v) is 9.73. The molecule has 0 bridgehead atoms. The lowest BCUT2D eigenvalue weighted by molar-refractivity contribution is 0.0898. The van der Waals surface area contributed by atoms with E-state index in [2.05, 4.69) is 77.8 Å². The minimum Gasteiger partial charge on any atom is -0.349 e. The quantitative estimate of drug-likeness (QED) is 0.542. The number of likely N-dealkylation sites (tertiary alicyclic amines) is 1. The first-order chi connectivity index (χ1) is 17.1. The number of benzene rings is 2. The van der Waals surface area contributed by atoms with Crippen molar-refractivity contribution in [1.82, 2.24) is 10.2 Å². The maximum absolute atomic E-state index is 12.7. The molecular formula is C32H40N2O. The van der Waals surface area contributed by atoms with E-state index in [0.29, 0.717) is 23.9 Å². The lowest BCUT2D eigenvalue weighted by Crippen LogP contribution is -2.50. The minimum absolute atomic E-state index is 0.103. The number of nitrogens with zero attached hydrogens (tertiary/aromatic N) is 1. The van der Waals surface area contributed by atoms with Crippen molar-refractivity contribution in [2.24, 2.45) is 5.92 Å². The van der Waals surface area contributed by atoms with E-state index in [4.69, 9.17) is 0 Å². The molecular weight excluding hydrogens is 428 g/mol. The molecule has 3 aliphatic carbocycles. The van der Waals surface area contributed by atoms with Gasteiger partial charge in [-0.1, -0.05) is 74.7 Å². The molecule has 2 aromatic carbocycles. The van der Waals surface area contributed by atoms with Gasteiger partial charge in [-0.3, -0.25) is 4.79 Å². The van der Waals surface area contributed by atoms with Gasteiger partial charge in [0.1, 0.15) is 0 Å². The summed E-state index contributed by atoms with van der Waals surface area (Å²) in [6.07, 6.45) is 16.0. The molecule has 3 nitrogen and oxygen atoms in total. The van der Waals surface area contributed by atoms with E-state index in [1.807, 2.05) is 0 Å². The average Bonchev–Trinajstić information content (AvgIpc) is 3.53. The highest BCUT2D eigenvalue weighted by Gasteiger charge is 2.45. The van der Waals surface area contributed by atoms with Crippen molar-refractivity contribution in [3.63, 3.8) is 0 Å². The van der Waals surface area contributed by atoms with Gasteiger partial charge in [-0.25, -0.2) is 0 Å². The molecule has 4 atom stereocenters. The first kappa shape index (κ1) is 23.0. The molecule has 3 fully saturated rings. The molecule has 3 heteroatoms. The van der Waals surface area contributed by atoms with Crippen molar-refractivity contribution in [1.29, 1.82) is 0 Å². The van der Waals surface area contributed by atoms with Gasteiger partial charge in [0.15, 0.2) is 0 Å². The highest BCUT2D eigenvalue weighted by molar-refractivity contribution is 5.94. The van der Waals surface area contributed by atoms with E-state index in [9.17, 15) is 4.79 Å². The topological polar surface area (TPSA) is 32.3 Å². The standard InChI is InChI=1S/C32H40N2O/c1-23-22-34(20-19-32(23)18-17-25-7-5-6-10-30(25)32)29-16-15-27(21-29)24-11-13-26(14-12-24)31(35)33-28-8-3-2-4-9-28/h5-7,10-14,17-18,23,27-29H,2-4,8-9,15-16,19-22H2,1H3,(H,33,35)/t23-,27?,29?,32?/m0/s1. The maximum Gasteiger partial charge on any atom is 0.251 e. The van der Waals surface area contributed by atoms with E-state index in [-0.39, 0.29) is 11.3 Å². The van der Waals surface area contributed by atoms with Crippen LogP contribution in [0.15, 0.2) is 54.6 Å². The molecule has 35 heavy (non-hydrogen) atoms. The van der Waals surface area contributed by atoms with Gasteiger partial charge in [0.25, 0.3) is 5.91 Å². The van der Waals surface area contributed by atoms with Gasteiger partial charge >= 0.3 is 0 Å². The molecule has 1 heterocycles. The van der Waals surface area contributed by atoms with Crippen LogP contribution in [-0.4, -0.2) is 36.0 Å². The molecule has 3 unspecified atom stereocenters. The van der Waals surface area contributed by atoms with Gasteiger partial charge < -0.3 is 10.2 Å². The predicted octanol–water partition coefficient (Wildman–Crippen LogP) is 6.69. The van der Waals surface area contributed by atoms with Gasteiger partial charge in [-0.2, -0.15) is 0 Å². The van der Waals surface area contributed by atoms with Crippen LogP contribution in [0, 0.1) is 5.92 Å². The summed E-state index contributed by atoms with van der Waals surface area (Å²) in [4.78, 5) is 15.5. The number of carbonyl (C=O) groups is 1. The van der Waals surface area contributed by atoms with E-state index in [0.717, 1.165) is 18.4 Å². The van der Waals surface area contributed by atoms with Crippen molar-refractivity contribution in [2.75, 3.05) is 13.1 Å². The Morgan fingerprint density at radius 1 is 0.971 bits per heavy atom. The fourth-order valence-corrected chi connectivity index (χ4v) is 7.57. The molecule has 6 rings (SSSR count). The Morgan fingerprint density at radius 3 is 2.57 bits per heavy atom. The summed E-state index contributed by atoms with van der Waals surface area (Å²) in [5.74, 6) is 1.36. The molecule has 0 aromatic heterocycles. The lowest BCUT2D eigenvalue weighted by atomic mass is 9.68. The van der Waals surface area contributed by atoms with E-state index >= 15 is 0 Å². The van der Waals surface area contributed by atoms with Gasteiger partial charge in [0, 0.05) is 29.6 Å². The molecule has 1 aliphatic heterocycles. The van der Waals surface area contributed by atoms with Crippen LogP contribution in [0.25, 0.3) is 6.08 Å². The monoisotopic (exact) mass is 468 g/mol. The zero-order valence-electron chi connectivity index (χ0n) is 21.2. The van der Waals surface area contributed by atoms with Crippen LogP contribution in [0.2, 0.25) is 0 Å². The number of hydrogen-bond acceptors (Lipinski definition) is 2. The molecule has 1 saturated heterocycles. The second kappa shape index (κ2) is 9.58. The number of hydrogen-bond donors (Lipinski definition) is 1. The molecule has 1 N–H and O–H groups in total. The molecule has 184 valence electrons. The Hall–Kier alpha value is -2.39. The maximum atomic E-state index is 12.7. The van der Waals surface area contributed by atoms with Gasteiger partial charge in [0.2, 0.25) is 0 Å². The van der Waals surface area contributed by atoms with Gasteiger partial charge in [0.05, 0.1) is 0 Å². The van der Waals surface area contributed by atoms with Crippen LogP contribution in [0.5, 0.6) is 0 Å². The normalized spacial score (nSPS) is 31.1. The summed E-state index contributed by atoms with van der Waals surface area (Å²) < 4.78 is 0. The molecule has 0 radical (unpaired) electrons. The zero-order chi connectivity index (χ0) is 23.8. The molecule has 1 spiro atoms. The highest BCUT2D eigenvalue weighted by atomic mass is 16.1. The number of nitrogens with one attached hydrogen (secondary N) is 1. The Morgan fingerprint density at radius 2 is 1.77 bits per heavy atom. The molecule has 1 amide bonds. The van der Waals surface area contributed by atoms with Crippen molar-refractivity contribution in [2.45, 2.75) is 88.1 Å². The van der Waals surface area contributed by atoms with Crippen LogP contribution < -0.4 is 5.32 Å². The number of carbonyl (C=O) groups excluding carboxylic acids is 1. The van der Waals surface area contributed by atoms with Crippen LogP contribution in [0.1, 0.15) is 97.7 Å². The first-order valence-electron chi connectivity index (χ1n) is 14.1. The van der Waals surface area contributed by atoms with E-state index < -0.39 is 0 Å². The average molecular weight is 469 g/mol. The van der Waals surface area contributed by atoms with Crippen LogP contribution in [0.3, 0.4) is 0 Å². The highest BCUT2D eigenvalue weighted by Crippen LogP contribution is 2.48. The summed E-state index contributed by atoms with van der Waals surface area (Å²) in [7, 11) is 0. The molecule has 4 aliphatic rings. The van der Waals surface area contributed by atoms with Crippen molar-refractivity contribution < 1.29 is 4.79 Å². The number of fused-ring (bicyclic) bond motifs is 2. The SMILES string of the molecule is C[C@H]1CN(C2CCC(c3ccc(C(=O)NC4CCCCC4)cc3)C2)CCC12C=Cc1ccccc12. The van der Waals surface area contributed by atoms with Crippen molar-refractivity contribution >= 4 is 12.0 Å². The van der Waals surface area contributed by atoms with Crippen molar-refractivity contribution in [3.8, 4) is 0 Å². The lowest BCUT2D eigenvalue weighted by Gasteiger charge is -2.46. The Labute approximate surface area is 211 Å². The second-order valence-electron chi connectivity index (χ2n) is 11.7. The number of amides is 1. The third kappa shape index (κ3) is 4.37. The number of piperidine rings is 1. The smallest absolute Gasteiger partial charge is 0.251 e. The third-order valence-electron chi connectivity index (χ3n) is 9.73. The molecule has 2 aromatic rings. The fraction of sp³-hybridized carbons (Fsp3) is 0.531. The van der Waals surface area contributed by atoms with Gasteiger partial charge in [-0.05, 0) is 85.7 Å². The predicted molar refractivity (Wildman–Crippen MR) is 144 cm³/mol. The summed E-state index contributed by atoms with van der Waals surface area (Å²) in [5, 5.41) is 3.25. The largest absolute Gasteiger partial charge is 0.349 e. The summed E-state index contributed by atoms with van der Waals surface area (Å²) >= 11 is 0. The second-order valence-corrected chi connectivity index (χ2v) is 11.7. The van der Waals surface area contributed by atoms with E-state index in [1.165, 1.54) is 69.2 Å². The minimum atomic E-state index is 0.103. The number of rotatable bonds is 4. The van der Waals surface area contributed by atoms with Crippen molar-refractivity contribution in [3.05, 3.63) is 76.9 Å². The van der Waals surface area contributed by atoms with Crippen LogP contribution in [-0.2, 0) is 5.41 Å². The van der Waals surface area contributed by atoms with E-state index in [1.54, 1.807) is 5.56 Å². The van der Waals surface area contributed by atoms with Crippen LogP contribution in [0.4, 0.5) is 0 Å². The van der Waals surface area contributed by atoms with Gasteiger partial charge in [-0.15, -0.1) is 0 Å². The first-order valence-corrected chi connectivity index (χ1v) is 14.1. The summed E-state index contributed by atoms with van der Waals surface area (Å²) in [6, 6.07) is 18.6. The Kier molecular flexibility index (Phi) is 6.30. The molecule has 2 saturated carbocycles. The number of allylic oxidation sites excluding steroid dienone is 1. The fourth-order valence-electron chi connectivity index (χ4n) is 7.57. The summed E-state index contributed by atoms with van der Waals surface area (Å²) in [6.45, 7) is 4.85. The summed E-state index contributed by atoms with van der Waals surface area (Å²) in [5.41, 5.74) is 5.43.